The van der Waals surface area contributed by atoms with Crippen LogP contribution in [-0.2, 0) is 5.41 Å². The molecular weight excluding hydrogens is 245 g/mol. The Kier molecular flexibility index (Phi) is 2.86. The molecule has 1 saturated heterocycles. The number of aromatic nitrogens is 2. The predicted octanol–water partition coefficient (Wildman–Crippen LogP) is 2.44. The van der Waals surface area contributed by atoms with E-state index in [4.69, 9.17) is 4.52 Å². The second-order valence-electron chi connectivity index (χ2n) is 5.37. The number of hydrogen-bond acceptors (Lipinski definition) is 4. The van der Waals surface area contributed by atoms with Gasteiger partial charge in [-0.2, -0.15) is 4.98 Å². The molecule has 1 N–H and O–H groups in total. The van der Waals surface area contributed by atoms with Crippen LogP contribution in [0.15, 0.2) is 22.7 Å². The third-order valence-electron chi connectivity index (χ3n) is 3.75. The largest absolute Gasteiger partial charge is 0.338 e. The van der Waals surface area contributed by atoms with Crippen molar-refractivity contribution in [2.75, 3.05) is 13.1 Å². The number of aryl methyl sites for hydroxylation is 1. The molecule has 5 heteroatoms. The lowest BCUT2D eigenvalue weighted by Crippen LogP contribution is -2.25. The summed E-state index contributed by atoms with van der Waals surface area (Å²) in [5.74, 6) is 0.789. The summed E-state index contributed by atoms with van der Waals surface area (Å²) in [5, 5.41) is 7.29. The molecule has 1 aromatic carbocycles. The van der Waals surface area contributed by atoms with E-state index in [1.165, 1.54) is 12.1 Å². The van der Waals surface area contributed by atoms with Gasteiger partial charge in [0.15, 0.2) is 0 Å². The van der Waals surface area contributed by atoms with E-state index in [2.05, 4.69) is 22.4 Å². The van der Waals surface area contributed by atoms with Crippen LogP contribution in [0.3, 0.4) is 0 Å². The molecule has 0 aliphatic carbocycles. The van der Waals surface area contributed by atoms with E-state index in [0.29, 0.717) is 17.3 Å². The lowest BCUT2D eigenvalue weighted by atomic mass is 9.90. The van der Waals surface area contributed by atoms with Crippen molar-refractivity contribution in [3.05, 3.63) is 35.5 Å². The molecule has 1 unspecified atom stereocenters. The number of halogens is 1. The Hall–Kier alpha value is -1.75. The van der Waals surface area contributed by atoms with Crippen LogP contribution in [-0.4, -0.2) is 23.2 Å². The molecule has 1 aliphatic rings. The summed E-state index contributed by atoms with van der Waals surface area (Å²) < 4.78 is 18.7. The van der Waals surface area contributed by atoms with E-state index < -0.39 is 0 Å². The molecule has 1 aliphatic heterocycles. The Morgan fingerprint density at radius 2 is 2.26 bits per heavy atom. The second-order valence-corrected chi connectivity index (χ2v) is 5.37. The van der Waals surface area contributed by atoms with Gasteiger partial charge in [0.2, 0.25) is 11.7 Å². The molecule has 4 nitrogen and oxygen atoms in total. The van der Waals surface area contributed by atoms with Crippen molar-refractivity contribution >= 4 is 0 Å². The van der Waals surface area contributed by atoms with Gasteiger partial charge in [-0.3, -0.25) is 0 Å². The Balaban J connectivity index is 1.99. The third kappa shape index (κ3) is 2.14. The molecule has 1 fully saturated rings. The van der Waals surface area contributed by atoms with Crippen LogP contribution in [0.4, 0.5) is 4.39 Å². The van der Waals surface area contributed by atoms with Gasteiger partial charge in [-0.15, -0.1) is 0 Å². The highest BCUT2D eigenvalue weighted by atomic mass is 19.1. The van der Waals surface area contributed by atoms with E-state index in [0.717, 1.165) is 25.1 Å². The summed E-state index contributed by atoms with van der Waals surface area (Å²) in [5.41, 5.74) is 1.50. The molecule has 19 heavy (non-hydrogen) atoms. The zero-order valence-electron chi connectivity index (χ0n) is 11.0. The Morgan fingerprint density at radius 3 is 3.00 bits per heavy atom. The molecule has 0 bridgehead atoms. The summed E-state index contributed by atoms with van der Waals surface area (Å²) in [7, 11) is 0. The van der Waals surface area contributed by atoms with Gasteiger partial charge in [0.1, 0.15) is 5.82 Å². The van der Waals surface area contributed by atoms with Gasteiger partial charge in [0.05, 0.1) is 5.41 Å². The van der Waals surface area contributed by atoms with E-state index >= 15 is 0 Å². The standard InChI is InChI=1S/C14H16FN3O/c1-9-3-4-10(15)7-11(9)12-17-13(19-18-12)14(2)5-6-16-8-14/h3-4,7,16H,5-6,8H2,1-2H3. The summed E-state index contributed by atoms with van der Waals surface area (Å²) >= 11 is 0. The monoisotopic (exact) mass is 261 g/mol. The summed E-state index contributed by atoms with van der Waals surface area (Å²) in [6.07, 6.45) is 0.969. The van der Waals surface area contributed by atoms with Gasteiger partial charge in [0, 0.05) is 12.1 Å². The van der Waals surface area contributed by atoms with E-state index in [-0.39, 0.29) is 11.2 Å². The van der Waals surface area contributed by atoms with Crippen LogP contribution in [0.25, 0.3) is 11.4 Å². The van der Waals surface area contributed by atoms with Crippen LogP contribution >= 0.6 is 0 Å². The first-order valence-electron chi connectivity index (χ1n) is 6.40. The molecule has 0 amide bonds. The van der Waals surface area contributed by atoms with Crippen molar-refractivity contribution in [3.63, 3.8) is 0 Å². The molecule has 1 atom stereocenters. The number of nitrogens with zero attached hydrogens (tertiary/aromatic N) is 2. The lowest BCUT2D eigenvalue weighted by Gasteiger charge is -2.15. The van der Waals surface area contributed by atoms with Crippen LogP contribution in [0.2, 0.25) is 0 Å². The smallest absolute Gasteiger partial charge is 0.234 e. The molecule has 100 valence electrons. The SMILES string of the molecule is Cc1ccc(F)cc1-c1noc(C2(C)CCNC2)n1. The number of rotatable bonds is 2. The fourth-order valence-corrected chi connectivity index (χ4v) is 2.41. The van der Waals surface area contributed by atoms with Crippen LogP contribution in [0, 0.1) is 12.7 Å². The maximum Gasteiger partial charge on any atom is 0.234 e. The van der Waals surface area contributed by atoms with Crippen LogP contribution in [0.1, 0.15) is 24.8 Å². The molecule has 2 heterocycles. The fraction of sp³-hybridized carbons (Fsp3) is 0.429. The quantitative estimate of drug-likeness (QED) is 0.902. The van der Waals surface area contributed by atoms with Crippen molar-refractivity contribution in [2.24, 2.45) is 0 Å². The Morgan fingerprint density at radius 1 is 1.42 bits per heavy atom. The first kappa shape index (κ1) is 12.3. The predicted molar refractivity (Wildman–Crippen MR) is 69.3 cm³/mol. The summed E-state index contributed by atoms with van der Waals surface area (Å²) in [6, 6.07) is 4.60. The minimum Gasteiger partial charge on any atom is -0.338 e. The minimum absolute atomic E-state index is 0.119. The van der Waals surface area contributed by atoms with Gasteiger partial charge in [0.25, 0.3) is 0 Å². The highest BCUT2D eigenvalue weighted by Crippen LogP contribution is 2.31. The maximum absolute atomic E-state index is 13.3. The zero-order chi connectivity index (χ0) is 13.5. The normalized spacial score (nSPS) is 22.9. The third-order valence-corrected chi connectivity index (χ3v) is 3.75. The molecule has 3 rings (SSSR count). The molecule has 1 aromatic heterocycles. The number of hydrogen-bond donors (Lipinski definition) is 1. The number of benzene rings is 1. The average Bonchev–Trinajstić information content (AvgIpc) is 3.02. The van der Waals surface area contributed by atoms with Gasteiger partial charge >= 0.3 is 0 Å². The zero-order valence-corrected chi connectivity index (χ0v) is 11.0. The molecular formula is C14H16FN3O. The molecule has 2 aromatic rings. The first-order valence-corrected chi connectivity index (χ1v) is 6.40. The Bertz CT molecular complexity index is 602. The molecule has 0 spiro atoms. The maximum atomic E-state index is 13.3. The highest BCUT2D eigenvalue weighted by Gasteiger charge is 2.36. The van der Waals surface area contributed by atoms with Crippen molar-refractivity contribution in [3.8, 4) is 11.4 Å². The Labute approximate surface area is 111 Å². The van der Waals surface area contributed by atoms with E-state index in [9.17, 15) is 4.39 Å². The van der Waals surface area contributed by atoms with Crippen molar-refractivity contribution in [2.45, 2.75) is 25.7 Å². The molecule has 0 saturated carbocycles. The van der Waals surface area contributed by atoms with Crippen molar-refractivity contribution in [1.82, 2.24) is 15.5 Å². The topological polar surface area (TPSA) is 51.0 Å². The van der Waals surface area contributed by atoms with E-state index in [1.54, 1.807) is 6.07 Å². The van der Waals surface area contributed by atoms with Crippen molar-refractivity contribution < 1.29 is 8.91 Å². The lowest BCUT2D eigenvalue weighted by molar-refractivity contribution is 0.306. The van der Waals surface area contributed by atoms with E-state index in [1.807, 2.05) is 6.92 Å². The number of nitrogens with one attached hydrogen (secondary N) is 1. The van der Waals surface area contributed by atoms with Crippen LogP contribution in [0.5, 0.6) is 0 Å². The fourth-order valence-electron chi connectivity index (χ4n) is 2.41. The average molecular weight is 261 g/mol. The second kappa shape index (κ2) is 4.42. The van der Waals surface area contributed by atoms with Gasteiger partial charge in [-0.1, -0.05) is 11.2 Å². The van der Waals surface area contributed by atoms with Gasteiger partial charge in [-0.25, -0.2) is 4.39 Å². The summed E-state index contributed by atoms with van der Waals surface area (Å²) in [6.45, 7) is 5.79. The summed E-state index contributed by atoms with van der Waals surface area (Å²) in [4.78, 5) is 4.45. The first-order chi connectivity index (χ1) is 9.08. The minimum atomic E-state index is -0.291. The van der Waals surface area contributed by atoms with Gasteiger partial charge < -0.3 is 9.84 Å². The van der Waals surface area contributed by atoms with Gasteiger partial charge in [-0.05, 0) is 44.5 Å². The van der Waals surface area contributed by atoms with Crippen LogP contribution < -0.4 is 5.32 Å². The highest BCUT2D eigenvalue weighted by molar-refractivity contribution is 5.59. The molecule has 0 radical (unpaired) electrons. The van der Waals surface area contributed by atoms with Crippen molar-refractivity contribution in [1.29, 1.82) is 0 Å².